The molecule has 0 radical (unpaired) electrons. The van der Waals surface area contributed by atoms with E-state index in [4.69, 9.17) is 5.21 Å². The number of rotatable bonds is 6. The zero-order chi connectivity index (χ0) is 25.4. The third kappa shape index (κ3) is 6.66. The summed E-state index contributed by atoms with van der Waals surface area (Å²) in [5, 5.41) is 15.3. The van der Waals surface area contributed by atoms with E-state index in [0.717, 1.165) is 12.1 Å². The summed E-state index contributed by atoms with van der Waals surface area (Å²) in [7, 11) is 0. The van der Waals surface area contributed by atoms with Gasteiger partial charge >= 0.3 is 25.0 Å². The molecule has 0 saturated heterocycles. The first-order chi connectivity index (χ1) is 14.9. The molecule has 1 aliphatic heterocycles. The minimum absolute atomic E-state index is 0.0579. The first-order valence-electron chi connectivity index (χ1n) is 8.20. The second-order valence-electron chi connectivity index (χ2n) is 6.14. The maximum Gasteiger partial charge on any atom is 0.525 e. The van der Waals surface area contributed by atoms with E-state index < -0.39 is 59.6 Å². The van der Waals surface area contributed by atoms with Gasteiger partial charge in [-0.2, -0.15) is 22.0 Å². The number of hydrazone groups is 1. The molecule has 1 aromatic carbocycles. The van der Waals surface area contributed by atoms with Gasteiger partial charge in [0.1, 0.15) is 11.5 Å². The van der Waals surface area contributed by atoms with Crippen molar-refractivity contribution in [3.8, 4) is 0 Å². The van der Waals surface area contributed by atoms with E-state index in [0.29, 0.717) is 0 Å². The van der Waals surface area contributed by atoms with Crippen LogP contribution in [0.4, 0.5) is 49.6 Å². The minimum Gasteiger partial charge on any atom is -0.409 e. The Morgan fingerprint density at radius 1 is 1.18 bits per heavy atom. The number of aryl methyl sites for hydroxylation is 1. The highest BCUT2D eigenvalue weighted by atomic mass is 32.2. The zero-order valence-corrected chi connectivity index (χ0v) is 16.8. The number of amidine groups is 1. The lowest BCUT2D eigenvalue weighted by atomic mass is 10.2. The molecular formula is C16H11F10N3O3S. The van der Waals surface area contributed by atoms with E-state index in [1.807, 2.05) is 0 Å². The van der Waals surface area contributed by atoms with Crippen molar-refractivity contribution in [2.75, 3.05) is 10.8 Å². The molecule has 0 aromatic heterocycles. The summed E-state index contributed by atoms with van der Waals surface area (Å²) in [6, 6.07) is 1.58. The molecule has 0 saturated carbocycles. The molecule has 17 heteroatoms. The highest BCUT2D eigenvalue weighted by Gasteiger charge is 2.52. The molecule has 6 nitrogen and oxygen atoms in total. The molecule has 0 fully saturated rings. The van der Waals surface area contributed by atoms with Gasteiger partial charge in [0, 0.05) is 4.90 Å². The lowest BCUT2D eigenvalue weighted by Gasteiger charge is -2.21. The molecule has 0 aliphatic carbocycles. The molecule has 1 unspecified atom stereocenters. The highest BCUT2D eigenvalue weighted by molar-refractivity contribution is 7.99. The lowest BCUT2D eigenvalue weighted by Crippen LogP contribution is -2.40. The van der Waals surface area contributed by atoms with E-state index in [9.17, 15) is 43.9 Å². The van der Waals surface area contributed by atoms with E-state index in [1.54, 1.807) is 0 Å². The van der Waals surface area contributed by atoms with Crippen LogP contribution in [0.2, 0.25) is 0 Å². The number of hydrogen-bond donors (Lipinski definition) is 1. The summed E-state index contributed by atoms with van der Waals surface area (Å²) in [6.45, 7) is 4.41. The fraction of sp³-hybridized carbons (Fsp3) is 0.375. The average Bonchev–Trinajstić information content (AvgIpc) is 2.93. The molecule has 1 N–H and O–H groups in total. The Balaban J connectivity index is 2.40. The number of halogens is 10. The topological polar surface area (TPSA) is 66.7 Å². The Morgan fingerprint density at radius 2 is 1.79 bits per heavy atom. The standard InChI is InChI=1S/C16H11F10N3O3S/c1-6-3-8(17)9(4-10(6)33-5-14(19,20)21)29-11(28-30)7(2)12(27-29)31-15(22,23)13(18)32-16(24,25)26/h3-4,13,30H,2,5H2,1H3. The summed E-state index contributed by atoms with van der Waals surface area (Å²) >= 11 is 0.250. The van der Waals surface area contributed by atoms with Gasteiger partial charge in [0.2, 0.25) is 11.7 Å². The first kappa shape index (κ1) is 26.6. The number of thioether (sulfide) groups is 1. The number of benzene rings is 1. The monoisotopic (exact) mass is 515 g/mol. The molecule has 2 rings (SSSR count). The van der Waals surface area contributed by atoms with Crippen LogP contribution in [0.5, 0.6) is 0 Å². The third-order valence-corrected chi connectivity index (χ3v) is 4.83. The number of nitrogens with zero attached hydrogens (tertiary/aromatic N) is 3. The number of hydrogen-bond acceptors (Lipinski definition) is 6. The average molecular weight is 515 g/mol. The molecule has 184 valence electrons. The molecular weight excluding hydrogens is 504 g/mol. The van der Waals surface area contributed by atoms with Gasteiger partial charge in [0.15, 0.2) is 0 Å². The predicted octanol–water partition coefficient (Wildman–Crippen LogP) is 5.71. The quantitative estimate of drug-likeness (QED) is 0.228. The summed E-state index contributed by atoms with van der Waals surface area (Å²) in [5.74, 6) is -4.81. The SMILES string of the molecule is C=C1C(OC(F)(F)C(F)OC(F)(F)F)=NN(c2cc(SCC(F)(F)F)c(C)cc2F)C1=NO. The molecule has 33 heavy (non-hydrogen) atoms. The van der Waals surface area contributed by atoms with E-state index in [2.05, 4.69) is 26.3 Å². The van der Waals surface area contributed by atoms with Crippen LogP contribution >= 0.6 is 11.8 Å². The zero-order valence-electron chi connectivity index (χ0n) is 15.9. The van der Waals surface area contributed by atoms with Gasteiger partial charge in [0.05, 0.1) is 11.3 Å². The number of alkyl halides is 9. The normalized spacial score (nSPS) is 17.5. The maximum absolute atomic E-state index is 14.5. The molecule has 1 atom stereocenters. The summed E-state index contributed by atoms with van der Waals surface area (Å²) < 4.78 is 135. The molecule has 1 aromatic rings. The third-order valence-electron chi connectivity index (χ3n) is 3.61. The fourth-order valence-corrected chi connectivity index (χ4v) is 3.06. The van der Waals surface area contributed by atoms with Gasteiger partial charge in [-0.25, -0.2) is 18.5 Å². The van der Waals surface area contributed by atoms with Gasteiger partial charge in [-0.1, -0.05) is 11.7 Å². The maximum atomic E-state index is 14.5. The summed E-state index contributed by atoms with van der Waals surface area (Å²) in [4.78, 5) is -0.121. The van der Waals surface area contributed by atoms with Gasteiger partial charge in [-0.05, 0) is 24.6 Å². The van der Waals surface area contributed by atoms with Crippen LogP contribution < -0.4 is 5.01 Å². The van der Waals surface area contributed by atoms with E-state index in [-0.39, 0.29) is 27.2 Å². The Kier molecular flexibility index (Phi) is 7.47. The second kappa shape index (κ2) is 9.28. The van der Waals surface area contributed by atoms with Crippen LogP contribution in [-0.4, -0.2) is 47.7 Å². The Hall–Kier alpha value is -2.69. The molecule has 0 amide bonds. The van der Waals surface area contributed by atoms with Gasteiger partial charge in [0.25, 0.3) is 0 Å². The Morgan fingerprint density at radius 3 is 2.30 bits per heavy atom. The second-order valence-corrected chi connectivity index (χ2v) is 7.15. The molecule has 1 aliphatic rings. The fourth-order valence-electron chi connectivity index (χ4n) is 2.26. The van der Waals surface area contributed by atoms with Crippen molar-refractivity contribution in [2.45, 2.75) is 36.8 Å². The largest absolute Gasteiger partial charge is 0.525 e. The smallest absolute Gasteiger partial charge is 0.409 e. The van der Waals surface area contributed by atoms with Crippen molar-refractivity contribution in [2.24, 2.45) is 10.3 Å². The first-order valence-corrected chi connectivity index (χ1v) is 9.19. The van der Waals surface area contributed by atoms with Crippen LogP contribution in [0.3, 0.4) is 0 Å². The van der Waals surface area contributed by atoms with Crippen LogP contribution in [-0.2, 0) is 9.47 Å². The van der Waals surface area contributed by atoms with Crippen molar-refractivity contribution in [3.63, 3.8) is 0 Å². The summed E-state index contributed by atoms with van der Waals surface area (Å²) in [5.41, 5.74) is -1.51. The van der Waals surface area contributed by atoms with Crippen molar-refractivity contribution >= 4 is 29.2 Å². The molecule has 0 bridgehead atoms. The molecule has 1 heterocycles. The number of anilines is 1. The van der Waals surface area contributed by atoms with Gasteiger partial charge < -0.3 is 9.94 Å². The Bertz CT molecular complexity index is 978. The van der Waals surface area contributed by atoms with Crippen LogP contribution in [0.15, 0.2) is 39.4 Å². The van der Waals surface area contributed by atoms with Crippen LogP contribution in [0, 0.1) is 12.7 Å². The molecule has 0 spiro atoms. The number of ether oxygens (including phenoxy) is 2. The van der Waals surface area contributed by atoms with Crippen molar-refractivity contribution in [1.82, 2.24) is 0 Å². The van der Waals surface area contributed by atoms with Crippen molar-refractivity contribution in [3.05, 3.63) is 35.7 Å². The highest BCUT2D eigenvalue weighted by Crippen LogP contribution is 2.37. The minimum atomic E-state index is -5.79. The predicted molar refractivity (Wildman–Crippen MR) is 94.3 cm³/mol. The van der Waals surface area contributed by atoms with Gasteiger partial charge in [-0.15, -0.1) is 30.0 Å². The van der Waals surface area contributed by atoms with Crippen molar-refractivity contribution < 1.29 is 58.6 Å². The Labute approximate surface area is 182 Å². The lowest BCUT2D eigenvalue weighted by molar-refractivity contribution is -0.413. The van der Waals surface area contributed by atoms with E-state index >= 15 is 0 Å². The number of oxime groups is 1. The summed E-state index contributed by atoms with van der Waals surface area (Å²) in [6.07, 6.45) is -20.0. The van der Waals surface area contributed by atoms with E-state index in [1.165, 1.54) is 6.92 Å². The van der Waals surface area contributed by atoms with Gasteiger partial charge in [-0.3, -0.25) is 0 Å². The van der Waals surface area contributed by atoms with Crippen LogP contribution in [0.1, 0.15) is 5.56 Å². The van der Waals surface area contributed by atoms with Crippen molar-refractivity contribution in [1.29, 1.82) is 0 Å². The van der Waals surface area contributed by atoms with Crippen LogP contribution in [0.25, 0.3) is 0 Å².